The van der Waals surface area contributed by atoms with Gasteiger partial charge in [0.25, 0.3) is 0 Å². The highest BCUT2D eigenvalue weighted by atomic mass is 16.5. The summed E-state index contributed by atoms with van der Waals surface area (Å²) in [5.74, 6) is 0. The molecule has 3 nitrogen and oxygen atoms in total. The Morgan fingerprint density at radius 1 is 1.29 bits per heavy atom. The monoisotopic (exact) mass is 242 g/mol. The molecule has 0 bridgehead atoms. The summed E-state index contributed by atoms with van der Waals surface area (Å²) >= 11 is 0. The molecule has 0 spiro atoms. The van der Waals surface area contributed by atoms with Crippen LogP contribution in [-0.2, 0) is 4.74 Å². The Labute approximate surface area is 107 Å². The van der Waals surface area contributed by atoms with Crippen molar-refractivity contribution in [3.05, 3.63) is 0 Å². The lowest BCUT2D eigenvalue weighted by Gasteiger charge is -2.46. The number of hydrogen-bond acceptors (Lipinski definition) is 3. The predicted molar refractivity (Wildman–Crippen MR) is 73.5 cm³/mol. The van der Waals surface area contributed by atoms with Crippen LogP contribution in [0.1, 0.15) is 47.0 Å². The van der Waals surface area contributed by atoms with Crippen LogP contribution in [0.5, 0.6) is 0 Å². The van der Waals surface area contributed by atoms with Crippen molar-refractivity contribution in [3.63, 3.8) is 0 Å². The molecule has 1 aliphatic rings. The third kappa shape index (κ3) is 4.57. The molecule has 1 aliphatic heterocycles. The first-order valence-corrected chi connectivity index (χ1v) is 7.17. The standard InChI is InChI=1S/C14H30N2O/c1-5-7-13(11-15-8-6-2)16-9-10-17-12-14(16,3)4/h13,15H,5-12H2,1-4H3. The summed E-state index contributed by atoms with van der Waals surface area (Å²) in [5, 5.41) is 3.57. The van der Waals surface area contributed by atoms with Gasteiger partial charge < -0.3 is 10.1 Å². The lowest BCUT2D eigenvalue weighted by atomic mass is 9.97. The number of ether oxygens (including phenoxy) is 1. The third-order valence-corrected chi connectivity index (χ3v) is 3.58. The zero-order valence-corrected chi connectivity index (χ0v) is 12.1. The molecule has 1 rings (SSSR count). The first kappa shape index (κ1) is 14.9. The highest BCUT2D eigenvalue weighted by Gasteiger charge is 2.34. The van der Waals surface area contributed by atoms with E-state index in [9.17, 15) is 0 Å². The van der Waals surface area contributed by atoms with Crippen molar-refractivity contribution in [1.29, 1.82) is 0 Å². The zero-order valence-electron chi connectivity index (χ0n) is 12.1. The van der Waals surface area contributed by atoms with Crippen LogP contribution < -0.4 is 5.32 Å². The predicted octanol–water partition coefficient (Wildman–Crippen LogP) is 2.27. The molecule has 0 radical (unpaired) electrons. The molecule has 17 heavy (non-hydrogen) atoms. The molecular formula is C14H30N2O. The number of rotatable bonds is 7. The van der Waals surface area contributed by atoms with E-state index in [1.54, 1.807) is 0 Å². The van der Waals surface area contributed by atoms with Gasteiger partial charge in [-0.25, -0.2) is 0 Å². The molecule has 0 saturated carbocycles. The van der Waals surface area contributed by atoms with Crippen molar-refractivity contribution in [2.75, 3.05) is 32.8 Å². The van der Waals surface area contributed by atoms with E-state index >= 15 is 0 Å². The second kappa shape index (κ2) is 7.34. The fourth-order valence-corrected chi connectivity index (χ4v) is 2.69. The molecule has 1 unspecified atom stereocenters. The second-order valence-electron chi connectivity index (χ2n) is 5.71. The summed E-state index contributed by atoms with van der Waals surface area (Å²) in [6.45, 7) is 14.2. The van der Waals surface area contributed by atoms with E-state index in [2.05, 4.69) is 37.9 Å². The molecule has 0 aliphatic carbocycles. The van der Waals surface area contributed by atoms with Gasteiger partial charge in [0.1, 0.15) is 0 Å². The first-order valence-electron chi connectivity index (χ1n) is 7.17. The summed E-state index contributed by atoms with van der Waals surface area (Å²) in [5.41, 5.74) is 0.186. The quantitative estimate of drug-likeness (QED) is 0.693. The topological polar surface area (TPSA) is 24.5 Å². The van der Waals surface area contributed by atoms with E-state index in [1.165, 1.54) is 19.3 Å². The van der Waals surface area contributed by atoms with E-state index in [0.29, 0.717) is 6.04 Å². The molecule has 1 atom stereocenters. The summed E-state index contributed by atoms with van der Waals surface area (Å²) < 4.78 is 5.61. The van der Waals surface area contributed by atoms with Crippen molar-refractivity contribution in [3.8, 4) is 0 Å². The molecule has 0 aromatic carbocycles. The lowest BCUT2D eigenvalue weighted by Crippen LogP contribution is -2.59. The third-order valence-electron chi connectivity index (χ3n) is 3.58. The minimum atomic E-state index is 0.186. The van der Waals surface area contributed by atoms with Crippen LogP contribution in [0.4, 0.5) is 0 Å². The molecule has 1 N–H and O–H groups in total. The summed E-state index contributed by atoms with van der Waals surface area (Å²) in [6, 6.07) is 0.658. The van der Waals surface area contributed by atoms with Gasteiger partial charge in [-0.15, -0.1) is 0 Å². The maximum Gasteiger partial charge on any atom is 0.0645 e. The SMILES string of the molecule is CCCNCC(CCC)N1CCOCC1(C)C. The van der Waals surface area contributed by atoms with Gasteiger partial charge in [0.05, 0.1) is 13.2 Å². The molecule has 3 heteroatoms. The minimum Gasteiger partial charge on any atom is -0.378 e. The maximum atomic E-state index is 5.61. The van der Waals surface area contributed by atoms with E-state index in [0.717, 1.165) is 32.8 Å². The smallest absolute Gasteiger partial charge is 0.0645 e. The number of morpholine rings is 1. The van der Waals surface area contributed by atoms with Gasteiger partial charge in [-0.3, -0.25) is 4.90 Å². The van der Waals surface area contributed by atoms with Crippen LogP contribution in [-0.4, -0.2) is 49.3 Å². The number of hydrogen-bond donors (Lipinski definition) is 1. The Kier molecular flexibility index (Phi) is 6.45. The van der Waals surface area contributed by atoms with Crippen molar-refractivity contribution in [1.82, 2.24) is 10.2 Å². The number of nitrogens with zero attached hydrogens (tertiary/aromatic N) is 1. The second-order valence-corrected chi connectivity index (χ2v) is 5.71. The average molecular weight is 242 g/mol. The first-order chi connectivity index (χ1) is 8.11. The van der Waals surface area contributed by atoms with Gasteiger partial charge in [0, 0.05) is 24.7 Å². The molecule has 102 valence electrons. The van der Waals surface area contributed by atoms with Gasteiger partial charge in [0.15, 0.2) is 0 Å². The van der Waals surface area contributed by atoms with Crippen LogP contribution in [0.15, 0.2) is 0 Å². The van der Waals surface area contributed by atoms with Gasteiger partial charge >= 0.3 is 0 Å². The molecule has 0 amide bonds. The van der Waals surface area contributed by atoms with E-state index in [1.807, 2.05) is 0 Å². The van der Waals surface area contributed by atoms with Crippen LogP contribution in [0.25, 0.3) is 0 Å². The van der Waals surface area contributed by atoms with Crippen LogP contribution in [0.2, 0.25) is 0 Å². The Morgan fingerprint density at radius 3 is 2.65 bits per heavy atom. The van der Waals surface area contributed by atoms with Crippen molar-refractivity contribution < 1.29 is 4.74 Å². The normalized spacial score (nSPS) is 22.6. The number of nitrogens with one attached hydrogen (secondary N) is 1. The Morgan fingerprint density at radius 2 is 2.06 bits per heavy atom. The molecule has 0 aromatic rings. The van der Waals surface area contributed by atoms with Crippen molar-refractivity contribution >= 4 is 0 Å². The van der Waals surface area contributed by atoms with E-state index in [-0.39, 0.29) is 5.54 Å². The van der Waals surface area contributed by atoms with Gasteiger partial charge in [-0.05, 0) is 33.2 Å². The molecular weight excluding hydrogens is 212 g/mol. The maximum absolute atomic E-state index is 5.61. The Balaban J connectivity index is 2.54. The van der Waals surface area contributed by atoms with Gasteiger partial charge in [0.2, 0.25) is 0 Å². The van der Waals surface area contributed by atoms with E-state index in [4.69, 9.17) is 4.74 Å². The molecule has 1 heterocycles. The summed E-state index contributed by atoms with van der Waals surface area (Å²) in [7, 11) is 0. The largest absolute Gasteiger partial charge is 0.378 e. The van der Waals surface area contributed by atoms with Crippen molar-refractivity contribution in [2.24, 2.45) is 0 Å². The van der Waals surface area contributed by atoms with Crippen molar-refractivity contribution in [2.45, 2.75) is 58.5 Å². The molecule has 1 saturated heterocycles. The Hall–Kier alpha value is -0.120. The van der Waals surface area contributed by atoms with Crippen LogP contribution in [0.3, 0.4) is 0 Å². The van der Waals surface area contributed by atoms with Crippen LogP contribution >= 0.6 is 0 Å². The van der Waals surface area contributed by atoms with Gasteiger partial charge in [-0.2, -0.15) is 0 Å². The summed E-state index contributed by atoms with van der Waals surface area (Å²) in [6.07, 6.45) is 3.75. The summed E-state index contributed by atoms with van der Waals surface area (Å²) in [4.78, 5) is 2.64. The molecule has 0 aromatic heterocycles. The van der Waals surface area contributed by atoms with Gasteiger partial charge in [-0.1, -0.05) is 20.3 Å². The minimum absolute atomic E-state index is 0.186. The van der Waals surface area contributed by atoms with E-state index < -0.39 is 0 Å². The zero-order chi connectivity index (χ0) is 12.7. The fourth-order valence-electron chi connectivity index (χ4n) is 2.69. The fraction of sp³-hybridized carbons (Fsp3) is 1.00. The lowest BCUT2D eigenvalue weighted by molar-refractivity contribution is -0.0729. The van der Waals surface area contributed by atoms with Crippen LogP contribution in [0, 0.1) is 0 Å². The molecule has 1 fully saturated rings. The highest BCUT2D eigenvalue weighted by molar-refractivity contribution is 4.89. The highest BCUT2D eigenvalue weighted by Crippen LogP contribution is 2.23. The Bertz CT molecular complexity index is 206. The average Bonchev–Trinajstić information content (AvgIpc) is 2.28.